The molecule has 1 aromatic carbocycles. The molecule has 0 atom stereocenters. The molecule has 0 saturated carbocycles. The van der Waals surface area contributed by atoms with E-state index in [0.29, 0.717) is 24.1 Å². The predicted octanol–water partition coefficient (Wildman–Crippen LogP) is 2.60. The second-order valence-electron chi connectivity index (χ2n) is 5.92. The van der Waals surface area contributed by atoms with Crippen molar-refractivity contribution < 1.29 is 13.5 Å². The monoisotopic (exact) mass is 342 g/mol. The smallest absolute Gasteiger partial charge is 0.387 e. The zero-order chi connectivity index (χ0) is 18.1. The van der Waals surface area contributed by atoms with Crippen molar-refractivity contribution in [3.05, 3.63) is 29.3 Å². The molecule has 5 nitrogen and oxygen atoms in total. The van der Waals surface area contributed by atoms with E-state index in [2.05, 4.69) is 46.2 Å². The van der Waals surface area contributed by atoms with Crippen molar-refractivity contribution in [2.45, 2.75) is 40.0 Å². The minimum absolute atomic E-state index is 0.179. The Bertz CT molecular complexity index is 535. The minimum atomic E-state index is -2.84. The lowest BCUT2D eigenvalue weighted by Crippen LogP contribution is -2.41. The van der Waals surface area contributed by atoms with Gasteiger partial charge in [-0.2, -0.15) is 8.78 Å². The third-order valence-corrected chi connectivity index (χ3v) is 3.74. The van der Waals surface area contributed by atoms with Crippen molar-refractivity contribution in [2.24, 2.45) is 4.99 Å². The number of aryl methyl sites for hydroxylation is 1. The quantitative estimate of drug-likeness (QED) is 0.563. The summed E-state index contributed by atoms with van der Waals surface area (Å²) in [6, 6.07) is 5.61. The topological polar surface area (TPSA) is 48.9 Å². The van der Waals surface area contributed by atoms with Crippen LogP contribution < -0.4 is 15.4 Å². The number of aliphatic imine (C=N–C) groups is 1. The van der Waals surface area contributed by atoms with Gasteiger partial charge in [0, 0.05) is 38.3 Å². The summed E-state index contributed by atoms with van der Waals surface area (Å²) in [6.07, 6.45) is 0. The van der Waals surface area contributed by atoms with Gasteiger partial charge in [-0.3, -0.25) is 4.99 Å². The Kier molecular flexibility index (Phi) is 8.46. The molecule has 0 heterocycles. The van der Waals surface area contributed by atoms with E-state index in [1.165, 1.54) is 0 Å². The Balaban J connectivity index is 2.58. The number of benzene rings is 1. The van der Waals surface area contributed by atoms with Crippen LogP contribution in [-0.4, -0.2) is 50.7 Å². The van der Waals surface area contributed by atoms with E-state index in [1.807, 2.05) is 13.0 Å². The molecule has 0 saturated heterocycles. The van der Waals surface area contributed by atoms with E-state index in [9.17, 15) is 8.78 Å². The van der Waals surface area contributed by atoms with Crippen LogP contribution in [0.4, 0.5) is 8.78 Å². The molecule has 0 aliphatic carbocycles. The van der Waals surface area contributed by atoms with E-state index < -0.39 is 6.61 Å². The molecule has 0 aliphatic rings. The van der Waals surface area contributed by atoms with Gasteiger partial charge in [-0.1, -0.05) is 17.7 Å². The Morgan fingerprint density at radius 3 is 2.58 bits per heavy atom. The standard InChI is InChI=1S/C17H28F2N4O/c1-12(2)23(5)9-8-21-17(20-4)22-11-14-10-13(3)6-7-15(14)24-16(18)19/h6-7,10,12,16H,8-9,11H2,1-5H3,(H2,20,21,22). The molecule has 0 radical (unpaired) electrons. The molecular formula is C17H28F2N4O. The average molecular weight is 342 g/mol. The third kappa shape index (κ3) is 7.12. The molecule has 0 fully saturated rings. The number of hydrogen-bond acceptors (Lipinski definition) is 3. The van der Waals surface area contributed by atoms with Crippen LogP contribution in [0.3, 0.4) is 0 Å². The fourth-order valence-electron chi connectivity index (χ4n) is 2.07. The maximum absolute atomic E-state index is 12.5. The molecule has 0 amide bonds. The first kappa shape index (κ1) is 20.2. The molecule has 1 aromatic rings. The van der Waals surface area contributed by atoms with Gasteiger partial charge in [0.1, 0.15) is 5.75 Å². The number of hydrogen-bond donors (Lipinski definition) is 2. The first-order valence-corrected chi connectivity index (χ1v) is 8.02. The Morgan fingerprint density at radius 2 is 2.00 bits per heavy atom. The molecule has 0 bridgehead atoms. The lowest BCUT2D eigenvalue weighted by Gasteiger charge is -2.22. The van der Waals surface area contributed by atoms with Gasteiger partial charge >= 0.3 is 6.61 Å². The molecule has 0 spiro atoms. The van der Waals surface area contributed by atoms with Crippen molar-refractivity contribution in [3.63, 3.8) is 0 Å². The van der Waals surface area contributed by atoms with E-state index in [4.69, 9.17) is 0 Å². The van der Waals surface area contributed by atoms with Crippen molar-refractivity contribution in [2.75, 3.05) is 27.2 Å². The highest BCUT2D eigenvalue weighted by atomic mass is 19.3. The first-order valence-electron chi connectivity index (χ1n) is 8.02. The summed E-state index contributed by atoms with van der Waals surface area (Å²) in [7, 11) is 3.73. The summed E-state index contributed by atoms with van der Waals surface area (Å²) in [5, 5.41) is 6.33. The van der Waals surface area contributed by atoms with E-state index in [1.54, 1.807) is 19.2 Å². The predicted molar refractivity (Wildman–Crippen MR) is 93.8 cm³/mol. The maximum atomic E-state index is 12.5. The van der Waals surface area contributed by atoms with E-state index in [0.717, 1.165) is 18.7 Å². The number of guanidine groups is 1. The van der Waals surface area contributed by atoms with Crippen LogP contribution in [-0.2, 0) is 6.54 Å². The van der Waals surface area contributed by atoms with Crippen molar-refractivity contribution in [1.82, 2.24) is 15.5 Å². The first-order chi connectivity index (χ1) is 11.3. The van der Waals surface area contributed by atoms with Crippen LogP contribution in [0, 0.1) is 6.92 Å². The van der Waals surface area contributed by atoms with Crippen LogP contribution >= 0.6 is 0 Å². The molecule has 2 N–H and O–H groups in total. The van der Waals surface area contributed by atoms with Gasteiger partial charge < -0.3 is 20.3 Å². The van der Waals surface area contributed by atoms with Crippen LogP contribution in [0.1, 0.15) is 25.0 Å². The second kappa shape index (κ2) is 10.1. The van der Waals surface area contributed by atoms with Gasteiger partial charge in [0.25, 0.3) is 0 Å². The van der Waals surface area contributed by atoms with E-state index in [-0.39, 0.29) is 5.75 Å². The summed E-state index contributed by atoms with van der Waals surface area (Å²) in [6.45, 7) is 5.31. The zero-order valence-electron chi connectivity index (χ0n) is 15.1. The molecule has 0 aromatic heterocycles. The van der Waals surface area contributed by atoms with Crippen molar-refractivity contribution in [1.29, 1.82) is 0 Å². The molecule has 0 unspecified atom stereocenters. The van der Waals surface area contributed by atoms with Crippen molar-refractivity contribution >= 4 is 5.96 Å². The molecule has 24 heavy (non-hydrogen) atoms. The highest BCUT2D eigenvalue weighted by Gasteiger charge is 2.10. The fourth-order valence-corrected chi connectivity index (χ4v) is 2.07. The zero-order valence-corrected chi connectivity index (χ0v) is 15.1. The molecular weight excluding hydrogens is 314 g/mol. The van der Waals surface area contributed by atoms with Gasteiger partial charge in [0.15, 0.2) is 5.96 Å². The maximum Gasteiger partial charge on any atom is 0.387 e. The average Bonchev–Trinajstić information content (AvgIpc) is 2.52. The SMILES string of the molecule is CN=C(NCCN(C)C(C)C)NCc1cc(C)ccc1OC(F)F. The summed E-state index contributed by atoms with van der Waals surface area (Å²) >= 11 is 0. The molecule has 7 heteroatoms. The number of ether oxygens (including phenoxy) is 1. The van der Waals surface area contributed by atoms with Gasteiger partial charge in [0.05, 0.1) is 0 Å². The minimum Gasteiger partial charge on any atom is -0.434 e. The largest absolute Gasteiger partial charge is 0.434 e. The Hall–Kier alpha value is -1.89. The summed E-state index contributed by atoms with van der Waals surface area (Å²) in [5.74, 6) is 0.801. The molecule has 0 aliphatic heterocycles. The van der Waals surface area contributed by atoms with Gasteiger partial charge in [-0.05, 0) is 33.9 Å². The number of rotatable bonds is 8. The van der Waals surface area contributed by atoms with Gasteiger partial charge in [-0.25, -0.2) is 0 Å². The number of likely N-dealkylation sites (N-methyl/N-ethyl adjacent to an activating group) is 1. The van der Waals surface area contributed by atoms with Crippen LogP contribution in [0.5, 0.6) is 5.75 Å². The van der Waals surface area contributed by atoms with Crippen LogP contribution in [0.2, 0.25) is 0 Å². The summed E-state index contributed by atoms with van der Waals surface area (Å²) < 4.78 is 29.5. The highest BCUT2D eigenvalue weighted by molar-refractivity contribution is 5.79. The normalized spacial score (nSPS) is 12.2. The number of nitrogens with one attached hydrogen (secondary N) is 2. The van der Waals surface area contributed by atoms with Gasteiger partial charge in [-0.15, -0.1) is 0 Å². The molecule has 1 rings (SSSR count). The lowest BCUT2D eigenvalue weighted by atomic mass is 10.1. The number of halogens is 2. The highest BCUT2D eigenvalue weighted by Crippen LogP contribution is 2.21. The second-order valence-corrected chi connectivity index (χ2v) is 5.92. The number of nitrogens with zero attached hydrogens (tertiary/aromatic N) is 2. The Morgan fingerprint density at radius 1 is 1.29 bits per heavy atom. The fraction of sp³-hybridized carbons (Fsp3) is 0.588. The van der Waals surface area contributed by atoms with Gasteiger partial charge in [0.2, 0.25) is 0 Å². The van der Waals surface area contributed by atoms with Crippen LogP contribution in [0.15, 0.2) is 23.2 Å². The molecule has 136 valence electrons. The van der Waals surface area contributed by atoms with E-state index >= 15 is 0 Å². The number of alkyl halides is 2. The lowest BCUT2D eigenvalue weighted by molar-refractivity contribution is -0.0504. The Labute approximate surface area is 143 Å². The summed E-state index contributed by atoms with van der Waals surface area (Å²) in [5.41, 5.74) is 1.65. The van der Waals surface area contributed by atoms with Crippen LogP contribution in [0.25, 0.3) is 0 Å². The third-order valence-electron chi connectivity index (χ3n) is 3.74. The van der Waals surface area contributed by atoms with Crippen molar-refractivity contribution in [3.8, 4) is 5.75 Å². The summed E-state index contributed by atoms with van der Waals surface area (Å²) in [4.78, 5) is 6.36.